The fourth-order valence-corrected chi connectivity index (χ4v) is 3.37. The van der Waals surface area contributed by atoms with Gasteiger partial charge in [0.2, 0.25) is 0 Å². The van der Waals surface area contributed by atoms with E-state index in [0.717, 1.165) is 37.9 Å². The third-order valence-electron chi connectivity index (χ3n) is 3.68. The number of hydrogen-bond acceptors (Lipinski definition) is 4. The van der Waals surface area contributed by atoms with Crippen LogP contribution in [-0.4, -0.2) is 16.1 Å². The standard InChI is InChI=1S/C17H25N3S/c1-3-13-18-16(17-15(4-2)19-20-21-17)12-8-11-14-9-6-5-7-10-14/h5-7,9-10,16,18H,3-4,8,11-13H2,1-2H3. The second-order valence-corrected chi connectivity index (χ2v) is 6.11. The van der Waals surface area contributed by atoms with E-state index in [2.05, 4.69) is 59.1 Å². The summed E-state index contributed by atoms with van der Waals surface area (Å²) < 4.78 is 4.14. The number of nitrogens with one attached hydrogen (secondary N) is 1. The SMILES string of the molecule is CCCNC(CCCc1ccccc1)c1snnc1CC. The highest BCUT2D eigenvalue weighted by molar-refractivity contribution is 7.05. The first-order valence-corrected chi connectivity index (χ1v) is 8.70. The summed E-state index contributed by atoms with van der Waals surface area (Å²) in [7, 11) is 0. The number of nitrogens with zero attached hydrogens (tertiary/aromatic N) is 2. The minimum absolute atomic E-state index is 0.406. The Morgan fingerprint density at radius 3 is 2.71 bits per heavy atom. The summed E-state index contributed by atoms with van der Waals surface area (Å²) in [5.74, 6) is 0. The van der Waals surface area contributed by atoms with Gasteiger partial charge >= 0.3 is 0 Å². The van der Waals surface area contributed by atoms with E-state index < -0.39 is 0 Å². The fourth-order valence-electron chi connectivity index (χ4n) is 2.52. The Morgan fingerprint density at radius 2 is 2.00 bits per heavy atom. The molecule has 21 heavy (non-hydrogen) atoms. The van der Waals surface area contributed by atoms with Crippen LogP contribution < -0.4 is 5.32 Å². The summed E-state index contributed by atoms with van der Waals surface area (Å²) in [6.45, 7) is 5.41. The summed E-state index contributed by atoms with van der Waals surface area (Å²) in [6.07, 6.45) is 5.59. The van der Waals surface area contributed by atoms with Gasteiger partial charge in [-0.15, -0.1) is 5.10 Å². The summed E-state index contributed by atoms with van der Waals surface area (Å²) in [4.78, 5) is 1.33. The lowest BCUT2D eigenvalue weighted by Gasteiger charge is -2.17. The van der Waals surface area contributed by atoms with Crippen LogP contribution in [0.2, 0.25) is 0 Å². The Hall–Kier alpha value is -1.26. The van der Waals surface area contributed by atoms with Gasteiger partial charge in [0.15, 0.2) is 0 Å². The molecule has 0 fully saturated rings. The van der Waals surface area contributed by atoms with Gasteiger partial charge in [0.05, 0.1) is 10.6 Å². The Bertz CT molecular complexity index is 510. The molecule has 0 aliphatic carbocycles. The average molecular weight is 303 g/mol. The van der Waals surface area contributed by atoms with E-state index in [1.165, 1.54) is 16.9 Å². The maximum absolute atomic E-state index is 4.26. The molecule has 114 valence electrons. The monoisotopic (exact) mass is 303 g/mol. The lowest BCUT2D eigenvalue weighted by molar-refractivity contribution is 0.487. The zero-order valence-electron chi connectivity index (χ0n) is 13.0. The van der Waals surface area contributed by atoms with Gasteiger partial charge < -0.3 is 5.32 Å². The van der Waals surface area contributed by atoms with Crippen molar-refractivity contribution in [3.05, 3.63) is 46.5 Å². The van der Waals surface area contributed by atoms with E-state index in [-0.39, 0.29) is 0 Å². The lowest BCUT2D eigenvalue weighted by atomic mass is 10.0. The van der Waals surface area contributed by atoms with E-state index in [4.69, 9.17) is 0 Å². The number of hydrogen-bond donors (Lipinski definition) is 1. The van der Waals surface area contributed by atoms with Crippen LogP contribution in [0, 0.1) is 0 Å². The van der Waals surface area contributed by atoms with Crippen LogP contribution in [0.15, 0.2) is 30.3 Å². The Kier molecular flexibility index (Phi) is 6.83. The number of rotatable bonds is 9. The molecule has 1 aromatic carbocycles. The van der Waals surface area contributed by atoms with Gasteiger partial charge in [-0.3, -0.25) is 0 Å². The third kappa shape index (κ3) is 4.90. The van der Waals surface area contributed by atoms with Crippen molar-refractivity contribution < 1.29 is 0 Å². The highest BCUT2D eigenvalue weighted by Crippen LogP contribution is 2.25. The molecule has 1 N–H and O–H groups in total. The van der Waals surface area contributed by atoms with Crippen molar-refractivity contribution >= 4 is 11.5 Å². The molecular weight excluding hydrogens is 278 g/mol. The van der Waals surface area contributed by atoms with E-state index in [0.29, 0.717) is 6.04 Å². The molecule has 1 atom stereocenters. The second kappa shape index (κ2) is 8.90. The summed E-state index contributed by atoms with van der Waals surface area (Å²) in [6, 6.07) is 11.1. The third-order valence-corrected chi connectivity index (χ3v) is 4.56. The molecule has 0 bridgehead atoms. The van der Waals surface area contributed by atoms with E-state index >= 15 is 0 Å². The quantitative estimate of drug-likeness (QED) is 0.755. The predicted octanol–water partition coefficient (Wildman–Crippen LogP) is 4.16. The minimum Gasteiger partial charge on any atom is -0.309 e. The topological polar surface area (TPSA) is 37.8 Å². The molecule has 4 heteroatoms. The smallest absolute Gasteiger partial charge is 0.0800 e. The van der Waals surface area contributed by atoms with E-state index in [9.17, 15) is 0 Å². The van der Waals surface area contributed by atoms with E-state index in [1.54, 1.807) is 11.5 Å². The summed E-state index contributed by atoms with van der Waals surface area (Å²) in [5, 5.41) is 7.92. The normalized spacial score (nSPS) is 12.5. The van der Waals surface area contributed by atoms with Crippen LogP contribution in [0.3, 0.4) is 0 Å². The summed E-state index contributed by atoms with van der Waals surface area (Å²) in [5.41, 5.74) is 2.58. The van der Waals surface area contributed by atoms with Gasteiger partial charge in [0.1, 0.15) is 0 Å². The number of aromatic nitrogens is 2. The van der Waals surface area contributed by atoms with Crippen molar-refractivity contribution in [2.45, 2.75) is 52.0 Å². The second-order valence-electron chi connectivity index (χ2n) is 5.32. The first kappa shape index (κ1) is 16.1. The average Bonchev–Trinajstić information content (AvgIpc) is 3.00. The van der Waals surface area contributed by atoms with Gasteiger partial charge in [-0.05, 0) is 55.7 Å². The van der Waals surface area contributed by atoms with Gasteiger partial charge in [-0.2, -0.15) is 0 Å². The van der Waals surface area contributed by atoms with Gasteiger partial charge in [0.25, 0.3) is 0 Å². The Balaban J connectivity index is 1.93. The highest BCUT2D eigenvalue weighted by Gasteiger charge is 2.17. The van der Waals surface area contributed by atoms with Crippen molar-refractivity contribution in [1.82, 2.24) is 14.9 Å². The molecule has 1 heterocycles. The van der Waals surface area contributed by atoms with Crippen LogP contribution in [0.5, 0.6) is 0 Å². The van der Waals surface area contributed by atoms with Gasteiger partial charge in [-0.25, -0.2) is 0 Å². The van der Waals surface area contributed by atoms with Crippen molar-refractivity contribution in [2.75, 3.05) is 6.54 Å². The maximum atomic E-state index is 4.26. The molecule has 3 nitrogen and oxygen atoms in total. The lowest BCUT2D eigenvalue weighted by Crippen LogP contribution is -2.22. The molecule has 2 aromatic rings. The minimum atomic E-state index is 0.406. The van der Waals surface area contributed by atoms with Gasteiger partial charge in [0, 0.05) is 6.04 Å². The van der Waals surface area contributed by atoms with Crippen molar-refractivity contribution in [3.8, 4) is 0 Å². The van der Waals surface area contributed by atoms with Crippen LogP contribution in [0.1, 0.15) is 55.3 Å². The molecule has 0 aliphatic heterocycles. The molecule has 0 saturated heterocycles. The first-order chi connectivity index (χ1) is 10.3. The Labute approximate surface area is 132 Å². The zero-order chi connectivity index (χ0) is 14.9. The van der Waals surface area contributed by atoms with Crippen LogP contribution in [-0.2, 0) is 12.8 Å². The van der Waals surface area contributed by atoms with Crippen LogP contribution in [0.4, 0.5) is 0 Å². The molecule has 2 rings (SSSR count). The molecule has 1 unspecified atom stereocenters. The fraction of sp³-hybridized carbons (Fsp3) is 0.529. The predicted molar refractivity (Wildman–Crippen MR) is 89.7 cm³/mol. The molecule has 0 saturated carbocycles. The maximum Gasteiger partial charge on any atom is 0.0800 e. The van der Waals surface area contributed by atoms with E-state index in [1.807, 2.05) is 0 Å². The molecule has 0 radical (unpaired) electrons. The molecule has 0 aliphatic rings. The summed E-state index contributed by atoms with van der Waals surface area (Å²) >= 11 is 1.56. The zero-order valence-corrected chi connectivity index (χ0v) is 13.8. The van der Waals surface area contributed by atoms with Crippen LogP contribution >= 0.6 is 11.5 Å². The van der Waals surface area contributed by atoms with Crippen molar-refractivity contribution in [3.63, 3.8) is 0 Å². The van der Waals surface area contributed by atoms with Crippen LogP contribution in [0.25, 0.3) is 0 Å². The molecule has 0 spiro atoms. The number of aryl methyl sites for hydroxylation is 2. The van der Waals surface area contributed by atoms with Gasteiger partial charge in [-0.1, -0.05) is 48.7 Å². The molecular formula is C17H25N3S. The molecule has 1 aromatic heterocycles. The molecule has 0 amide bonds. The van der Waals surface area contributed by atoms with Crippen molar-refractivity contribution in [2.24, 2.45) is 0 Å². The Morgan fingerprint density at radius 1 is 1.19 bits per heavy atom. The highest BCUT2D eigenvalue weighted by atomic mass is 32.1. The largest absolute Gasteiger partial charge is 0.309 e. The first-order valence-electron chi connectivity index (χ1n) is 7.93. The number of benzene rings is 1. The van der Waals surface area contributed by atoms with Crippen molar-refractivity contribution in [1.29, 1.82) is 0 Å².